The molecule has 0 radical (unpaired) electrons. The van der Waals surface area contributed by atoms with Crippen molar-refractivity contribution in [3.8, 4) is 0 Å². The minimum absolute atomic E-state index is 0.0650. The van der Waals surface area contributed by atoms with Crippen LogP contribution in [0.5, 0.6) is 0 Å². The first-order valence-electron chi connectivity index (χ1n) is 24.5. The third-order valence-electron chi connectivity index (χ3n) is 10.2. The summed E-state index contributed by atoms with van der Waals surface area (Å²) in [7, 11) is 0. The second kappa shape index (κ2) is 48.7. The molecule has 0 aliphatic heterocycles. The van der Waals surface area contributed by atoms with E-state index in [1.165, 1.54) is 109 Å². The van der Waals surface area contributed by atoms with Gasteiger partial charge in [0.25, 0.3) is 0 Å². The average Bonchev–Trinajstić information content (AvgIpc) is 3.22. The number of hydrogen-bond acceptors (Lipinski definition) is 5. The summed E-state index contributed by atoms with van der Waals surface area (Å²) in [6, 6.07) is 0. The Morgan fingerprint density at radius 1 is 0.397 bits per heavy atom. The molecule has 1 atom stereocenters. The summed E-state index contributed by atoms with van der Waals surface area (Å²) in [5.74, 6) is -0.439. The Hall–Kier alpha value is -2.66. The molecule has 0 aliphatic carbocycles. The largest absolute Gasteiger partial charge is 0.462 e. The fourth-order valence-electron chi connectivity index (χ4n) is 6.59. The van der Waals surface area contributed by atoms with Crippen LogP contribution in [0.1, 0.15) is 226 Å². The zero-order chi connectivity index (χ0) is 42.1. The summed E-state index contributed by atoms with van der Waals surface area (Å²) in [5.41, 5.74) is 0. The standard InChI is InChI=1S/C53H92O5/c1-4-7-10-13-16-19-21-23-25-26-27-28-29-30-32-35-37-40-43-46-52(54)57-50-51(58-53(55)47-44-41-38-34-18-15-12-9-6-3)49-56-48-45-42-39-36-33-31-24-22-20-17-14-11-8-5-2/h7,10,16,19-20,22-23,25,27-28,30,32,51H,4-6,8-9,11-15,17-18,21,24,26,29,31,33-50H2,1-3H3/b10-7-,19-16-,22-20-,25-23-,28-27-,32-30-. The van der Waals surface area contributed by atoms with E-state index in [-0.39, 0.29) is 25.2 Å². The van der Waals surface area contributed by atoms with Crippen molar-refractivity contribution in [1.29, 1.82) is 0 Å². The van der Waals surface area contributed by atoms with Crippen molar-refractivity contribution in [3.05, 3.63) is 72.9 Å². The molecule has 0 saturated carbocycles. The molecular formula is C53H92O5. The average molecular weight is 809 g/mol. The Bertz CT molecular complexity index is 1050. The van der Waals surface area contributed by atoms with Crippen molar-refractivity contribution in [3.63, 3.8) is 0 Å². The molecule has 0 aromatic heterocycles. The second-order valence-electron chi connectivity index (χ2n) is 16.0. The number of ether oxygens (including phenoxy) is 3. The monoisotopic (exact) mass is 809 g/mol. The van der Waals surface area contributed by atoms with Gasteiger partial charge in [-0.2, -0.15) is 0 Å². The van der Waals surface area contributed by atoms with E-state index in [1.54, 1.807) is 0 Å². The summed E-state index contributed by atoms with van der Waals surface area (Å²) in [4.78, 5) is 25.3. The highest BCUT2D eigenvalue weighted by Crippen LogP contribution is 2.13. The number of unbranched alkanes of at least 4 members (excludes halogenated alkanes) is 21. The molecule has 5 nitrogen and oxygen atoms in total. The Morgan fingerprint density at radius 3 is 1.29 bits per heavy atom. The SMILES string of the molecule is CC/C=C\C/C=C\C/C=C\C/C=C\C/C=C\CCCCCC(=O)OCC(COCCCCCCCC/C=C\CCCCCC)OC(=O)CCCCCCCCCCC. The number of carbonyl (C=O) groups excluding carboxylic acids is 2. The summed E-state index contributed by atoms with van der Waals surface area (Å²) in [6.07, 6.45) is 61.9. The third-order valence-corrected chi connectivity index (χ3v) is 10.2. The fraction of sp³-hybridized carbons (Fsp3) is 0.736. The number of carbonyl (C=O) groups is 2. The van der Waals surface area contributed by atoms with Crippen molar-refractivity contribution >= 4 is 11.9 Å². The van der Waals surface area contributed by atoms with E-state index in [0.717, 1.165) is 83.5 Å². The Morgan fingerprint density at radius 2 is 0.776 bits per heavy atom. The lowest BCUT2D eigenvalue weighted by molar-refractivity contribution is -0.163. The molecule has 0 N–H and O–H groups in total. The third kappa shape index (κ3) is 46.0. The molecule has 0 bridgehead atoms. The van der Waals surface area contributed by atoms with E-state index < -0.39 is 6.10 Å². The Labute approximate surface area is 359 Å². The summed E-state index contributed by atoms with van der Waals surface area (Å²) in [6.45, 7) is 7.64. The zero-order valence-corrected chi connectivity index (χ0v) is 38.3. The van der Waals surface area contributed by atoms with Crippen molar-refractivity contribution in [1.82, 2.24) is 0 Å². The van der Waals surface area contributed by atoms with Crippen molar-refractivity contribution < 1.29 is 23.8 Å². The smallest absolute Gasteiger partial charge is 0.306 e. The molecule has 5 heteroatoms. The van der Waals surface area contributed by atoms with Crippen LogP contribution in [0.2, 0.25) is 0 Å². The highest BCUT2D eigenvalue weighted by atomic mass is 16.6. The van der Waals surface area contributed by atoms with Crippen LogP contribution in [0.3, 0.4) is 0 Å². The normalized spacial score (nSPS) is 12.8. The first-order valence-corrected chi connectivity index (χ1v) is 24.5. The Kier molecular flexibility index (Phi) is 46.5. The summed E-state index contributed by atoms with van der Waals surface area (Å²) < 4.78 is 17.3. The second-order valence-corrected chi connectivity index (χ2v) is 16.0. The van der Waals surface area contributed by atoms with Crippen LogP contribution in [0.15, 0.2) is 72.9 Å². The maximum absolute atomic E-state index is 12.7. The topological polar surface area (TPSA) is 61.8 Å². The molecule has 0 amide bonds. The number of rotatable bonds is 44. The van der Waals surface area contributed by atoms with Gasteiger partial charge in [-0.05, 0) is 89.9 Å². The summed E-state index contributed by atoms with van der Waals surface area (Å²) in [5, 5.41) is 0. The van der Waals surface area contributed by atoms with Gasteiger partial charge in [-0.25, -0.2) is 0 Å². The lowest BCUT2D eigenvalue weighted by Gasteiger charge is -2.18. The maximum atomic E-state index is 12.7. The van der Waals surface area contributed by atoms with Crippen LogP contribution in [0, 0.1) is 0 Å². The highest BCUT2D eigenvalue weighted by Gasteiger charge is 2.17. The Balaban J connectivity index is 4.27. The van der Waals surface area contributed by atoms with Crippen LogP contribution < -0.4 is 0 Å². The van der Waals surface area contributed by atoms with E-state index in [0.29, 0.717) is 19.4 Å². The van der Waals surface area contributed by atoms with E-state index in [9.17, 15) is 9.59 Å². The molecule has 0 rings (SSSR count). The molecule has 0 saturated heterocycles. The van der Waals surface area contributed by atoms with Gasteiger partial charge in [0, 0.05) is 19.4 Å². The quantitative estimate of drug-likeness (QED) is 0.0348. The van der Waals surface area contributed by atoms with Crippen LogP contribution in [0.25, 0.3) is 0 Å². The molecular weight excluding hydrogens is 717 g/mol. The zero-order valence-electron chi connectivity index (χ0n) is 38.3. The molecule has 0 spiro atoms. The summed E-state index contributed by atoms with van der Waals surface area (Å²) >= 11 is 0. The van der Waals surface area contributed by atoms with E-state index in [2.05, 4.69) is 93.7 Å². The van der Waals surface area contributed by atoms with Crippen LogP contribution in [0.4, 0.5) is 0 Å². The van der Waals surface area contributed by atoms with E-state index in [1.807, 2.05) is 0 Å². The number of hydrogen-bond donors (Lipinski definition) is 0. The van der Waals surface area contributed by atoms with Crippen LogP contribution in [-0.2, 0) is 23.8 Å². The van der Waals surface area contributed by atoms with Crippen LogP contribution >= 0.6 is 0 Å². The van der Waals surface area contributed by atoms with Gasteiger partial charge < -0.3 is 14.2 Å². The molecule has 1 unspecified atom stereocenters. The molecule has 0 fully saturated rings. The number of esters is 2. The molecule has 334 valence electrons. The van der Waals surface area contributed by atoms with Gasteiger partial charge >= 0.3 is 11.9 Å². The van der Waals surface area contributed by atoms with Crippen LogP contribution in [-0.4, -0.2) is 37.9 Å². The van der Waals surface area contributed by atoms with Gasteiger partial charge in [-0.3, -0.25) is 9.59 Å². The van der Waals surface area contributed by atoms with Gasteiger partial charge in [0.05, 0.1) is 6.61 Å². The van der Waals surface area contributed by atoms with Crippen molar-refractivity contribution in [2.45, 2.75) is 232 Å². The van der Waals surface area contributed by atoms with Gasteiger partial charge in [0.2, 0.25) is 0 Å². The fourth-order valence-corrected chi connectivity index (χ4v) is 6.59. The van der Waals surface area contributed by atoms with Crippen molar-refractivity contribution in [2.75, 3.05) is 19.8 Å². The van der Waals surface area contributed by atoms with Gasteiger partial charge in [0.15, 0.2) is 6.10 Å². The maximum Gasteiger partial charge on any atom is 0.306 e. The van der Waals surface area contributed by atoms with Gasteiger partial charge in [0.1, 0.15) is 6.61 Å². The molecule has 0 aromatic carbocycles. The molecule has 0 heterocycles. The van der Waals surface area contributed by atoms with Crippen molar-refractivity contribution in [2.24, 2.45) is 0 Å². The molecule has 0 aliphatic rings. The molecule has 58 heavy (non-hydrogen) atoms. The predicted molar refractivity (Wildman–Crippen MR) is 251 cm³/mol. The van der Waals surface area contributed by atoms with Gasteiger partial charge in [-0.15, -0.1) is 0 Å². The lowest BCUT2D eigenvalue weighted by Crippen LogP contribution is -2.30. The first kappa shape index (κ1) is 55.3. The lowest BCUT2D eigenvalue weighted by atomic mass is 10.1. The predicted octanol–water partition coefficient (Wildman–Crippen LogP) is 16.3. The number of allylic oxidation sites excluding steroid dienone is 12. The highest BCUT2D eigenvalue weighted by molar-refractivity contribution is 5.70. The van der Waals surface area contributed by atoms with E-state index >= 15 is 0 Å². The van der Waals surface area contributed by atoms with Gasteiger partial charge in [-0.1, -0.05) is 196 Å². The van der Waals surface area contributed by atoms with E-state index in [4.69, 9.17) is 14.2 Å². The minimum Gasteiger partial charge on any atom is -0.462 e. The molecule has 0 aromatic rings. The first-order chi connectivity index (χ1) is 28.6. The minimum atomic E-state index is -0.551.